The number of aliphatic carboxylic acids is 1. The van der Waals surface area contributed by atoms with E-state index in [0.29, 0.717) is 30.6 Å². The largest absolute Gasteiger partial charge is 0.479 e. The van der Waals surface area contributed by atoms with Gasteiger partial charge in [0.1, 0.15) is 18.3 Å². The van der Waals surface area contributed by atoms with Crippen LogP contribution in [-0.4, -0.2) is 73.9 Å². The molecule has 232 valence electrons. The van der Waals surface area contributed by atoms with Crippen LogP contribution in [0.2, 0.25) is 0 Å². The summed E-state index contributed by atoms with van der Waals surface area (Å²) in [5.41, 5.74) is 3.48. The molecule has 3 aliphatic carbocycles. The lowest BCUT2D eigenvalue weighted by molar-refractivity contribution is -0.317. The zero-order valence-electron chi connectivity index (χ0n) is 25.3. The number of hydrogen-bond donors (Lipinski definition) is 5. The van der Waals surface area contributed by atoms with Crippen LogP contribution < -0.4 is 0 Å². The first-order chi connectivity index (χ1) is 19.2. The molecule has 41 heavy (non-hydrogen) atoms. The second-order valence-corrected chi connectivity index (χ2v) is 14.0. The Bertz CT molecular complexity index is 1020. The Labute approximate surface area is 245 Å². The van der Waals surface area contributed by atoms with E-state index in [-0.39, 0.29) is 11.5 Å². The molecule has 10 atom stereocenters. The Morgan fingerprint density at radius 3 is 2.56 bits per heavy atom. The third kappa shape index (κ3) is 7.16. The van der Waals surface area contributed by atoms with Crippen LogP contribution in [0.3, 0.4) is 0 Å². The standard InChI is InChI=1S/C33H52O8/c1-19-10-13-23(34)18-22(19)12-11-21-9-7-17-33(5)24(14-15-25(21)33)20(2)8-6-16-32(3,4)41-31-28(37)26(35)27(36)29(40-31)30(38)39/h11-12,20,23-29,31,34-37H,1,6-10,13-18H2,2-5H3,(H,38,39)/b21-11+,22-12?/t20-,23+,24-,25+,26+,27+,28-,29+,31+,33-/m1/s1. The SMILES string of the molecule is C=C1CC[C@H](O)CC1=C/C=C1\CCC[C@]2(C)[C@@H]([C@H](C)CCCC(C)(C)O[C@@H]3O[C@H](C(=O)O)[C@@H](O)[C@H](O)[C@H]3O)CC[C@@H]12. The Balaban J connectivity index is 1.33. The second kappa shape index (κ2) is 13.0. The van der Waals surface area contributed by atoms with Gasteiger partial charge < -0.3 is 35.0 Å². The monoisotopic (exact) mass is 576 g/mol. The Kier molecular flexibility index (Phi) is 10.2. The lowest BCUT2D eigenvalue weighted by Crippen LogP contribution is -2.61. The summed E-state index contributed by atoms with van der Waals surface area (Å²) in [5.74, 6) is 0.353. The molecular weight excluding hydrogens is 524 g/mol. The number of allylic oxidation sites excluding steroid dienone is 4. The maximum atomic E-state index is 11.4. The molecule has 1 aliphatic heterocycles. The molecule has 0 aromatic heterocycles. The van der Waals surface area contributed by atoms with Crippen LogP contribution in [0.15, 0.2) is 35.5 Å². The van der Waals surface area contributed by atoms with Crippen molar-refractivity contribution in [2.45, 2.75) is 141 Å². The van der Waals surface area contributed by atoms with Crippen LogP contribution >= 0.6 is 0 Å². The van der Waals surface area contributed by atoms with Crippen LogP contribution in [0, 0.1) is 23.2 Å². The molecule has 0 amide bonds. The smallest absolute Gasteiger partial charge is 0.335 e. The zero-order chi connectivity index (χ0) is 30.1. The minimum atomic E-state index is -1.73. The van der Waals surface area contributed by atoms with E-state index in [4.69, 9.17) is 9.47 Å². The average Bonchev–Trinajstić information content (AvgIpc) is 3.26. The maximum Gasteiger partial charge on any atom is 0.335 e. The van der Waals surface area contributed by atoms with E-state index in [1.807, 2.05) is 13.8 Å². The summed E-state index contributed by atoms with van der Waals surface area (Å²) in [6, 6.07) is 0. The fraction of sp³-hybridized carbons (Fsp3) is 0.788. The predicted octanol–water partition coefficient (Wildman–Crippen LogP) is 4.65. The highest BCUT2D eigenvalue weighted by atomic mass is 16.7. The molecule has 8 heteroatoms. The normalized spacial score (nSPS) is 41.0. The minimum Gasteiger partial charge on any atom is -0.479 e. The lowest BCUT2D eigenvalue weighted by Gasteiger charge is -2.44. The number of aliphatic hydroxyl groups excluding tert-OH is 4. The van der Waals surface area contributed by atoms with Crippen molar-refractivity contribution in [2.75, 3.05) is 0 Å². The summed E-state index contributed by atoms with van der Waals surface area (Å²) in [4.78, 5) is 11.4. The van der Waals surface area contributed by atoms with Gasteiger partial charge in [-0.25, -0.2) is 4.79 Å². The van der Waals surface area contributed by atoms with Gasteiger partial charge in [-0.05, 0) is 100 Å². The van der Waals surface area contributed by atoms with Crippen LogP contribution in [0.1, 0.15) is 98.3 Å². The van der Waals surface area contributed by atoms with Gasteiger partial charge in [-0.2, -0.15) is 0 Å². The molecule has 1 saturated heterocycles. The number of hydrogen-bond acceptors (Lipinski definition) is 7. The van der Waals surface area contributed by atoms with Crippen molar-refractivity contribution in [1.29, 1.82) is 0 Å². The molecule has 1 heterocycles. The van der Waals surface area contributed by atoms with Gasteiger partial charge in [0, 0.05) is 0 Å². The summed E-state index contributed by atoms with van der Waals surface area (Å²) in [6.45, 7) is 12.8. The number of carboxylic acids is 1. The summed E-state index contributed by atoms with van der Waals surface area (Å²) in [6.07, 6.45) is 7.44. The summed E-state index contributed by atoms with van der Waals surface area (Å²) in [5, 5.41) is 49.8. The van der Waals surface area contributed by atoms with Crippen LogP contribution in [0.25, 0.3) is 0 Å². The van der Waals surface area contributed by atoms with Crippen LogP contribution in [0.4, 0.5) is 0 Å². The van der Waals surface area contributed by atoms with Crippen molar-refractivity contribution in [3.63, 3.8) is 0 Å². The molecule has 8 nitrogen and oxygen atoms in total. The highest BCUT2D eigenvalue weighted by Gasteiger charge is 2.51. The molecule has 0 aromatic rings. The van der Waals surface area contributed by atoms with E-state index in [1.165, 1.54) is 31.3 Å². The summed E-state index contributed by atoms with van der Waals surface area (Å²) >= 11 is 0. The molecule has 4 aliphatic rings. The van der Waals surface area contributed by atoms with E-state index in [2.05, 4.69) is 32.6 Å². The Hall–Kier alpha value is -1.55. The Morgan fingerprint density at radius 1 is 1.12 bits per heavy atom. The summed E-state index contributed by atoms with van der Waals surface area (Å²) < 4.78 is 11.3. The van der Waals surface area contributed by atoms with Gasteiger partial charge >= 0.3 is 5.97 Å². The van der Waals surface area contributed by atoms with Crippen molar-refractivity contribution in [1.82, 2.24) is 0 Å². The third-order valence-corrected chi connectivity index (χ3v) is 10.6. The van der Waals surface area contributed by atoms with Crippen molar-refractivity contribution < 1.29 is 39.8 Å². The highest BCUT2D eigenvalue weighted by Crippen LogP contribution is 2.60. The van der Waals surface area contributed by atoms with Gasteiger partial charge in [0.15, 0.2) is 12.4 Å². The van der Waals surface area contributed by atoms with E-state index >= 15 is 0 Å². The highest BCUT2D eigenvalue weighted by molar-refractivity contribution is 5.73. The van der Waals surface area contributed by atoms with Crippen molar-refractivity contribution in [3.8, 4) is 0 Å². The average molecular weight is 577 g/mol. The first-order valence-electron chi connectivity index (χ1n) is 15.6. The number of ether oxygens (including phenoxy) is 2. The quantitative estimate of drug-likeness (QED) is 0.268. The topological polar surface area (TPSA) is 137 Å². The summed E-state index contributed by atoms with van der Waals surface area (Å²) in [7, 11) is 0. The second-order valence-electron chi connectivity index (χ2n) is 14.0. The number of rotatable bonds is 9. The fourth-order valence-corrected chi connectivity index (χ4v) is 8.18. The van der Waals surface area contributed by atoms with Gasteiger partial charge in [-0.1, -0.05) is 56.6 Å². The van der Waals surface area contributed by atoms with Gasteiger partial charge in [0.2, 0.25) is 0 Å². The minimum absolute atomic E-state index is 0.254. The maximum absolute atomic E-state index is 11.4. The van der Waals surface area contributed by atoms with Gasteiger partial charge in [-0.15, -0.1) is 0 Å². The van der Waals surface area contributed by atoms with Crippen LogP contribution in [-0.2, 0) is 14.3 Å². The molecule has 4 fully saturated rings. The molecule has 0 aromatic carbocycles. The molecule has 0 bridgehead atoms. The van der Waals surface area contributed by atoms with Gasteiger partial charge in [0.25, 0.3) is 0 Å². The fourth-order valence-electron chi connectivity index (χ4n) is 8.18. The molecule has 4 rings (SSSR count). The van der Waals surface area contributed by atoms with E-state index in [9.17, 15) is 30.3 Å². The van der Waals surface area contributed by atoms with Crippen molar-refractivity contribution >= 4 is 5.97 Å². The van der Waals surface area contributed by atoms with Crippen molar-refractivity contribution in [2.24, 2.45) is 23.2 Å². The number of carboxylic acid groups (broad SMARTS) is 1. The van der Waals surface area contributed by atoms with E-state index in [1.54, 1.807) is 5.57 Å². The number of carbonyl (C=O) groups is 1. The van der Waals surface area contributed by atoms with E-state index < -0.39 is 42.3 Å². The number of aliphatic hydroxyl groups is 4. The van der Waals surface area contributed by atoms with Gasteiger partial charge in [-0.3, -0.25) is 0 Å². The third-order valence-electron chi connectivity index (χ3n) is 10.6. The van der Waals surface area contributed by atoms with E-state index in [0.717, 1.165) is 37.7 Å². The van der Waals surface area contributed by atoms with Crippen molar-refractivity contribution in [3.05, 3.63) is 35.5 Å². The van der Waals surface area contributed by atoms with Gasteiger partial charge in [0.05, 0.1) is 11.7 Å². The first-order valence-corrected chi connectivity index (χ1v) is 15.6. The molecule has 0 spiro atoms. The number of fused-ring (bicyclic) bond motifs is 1. The molecule has 0 unspecified atom stereocenters. The first kappa shape index (κ1) is 32.4. The zero-order valence-corrected chi connectivity index (χ0v) is 25.3. The predicted molar refractivity (Wildman–Crippen MR) is 156 cm³/mol. The molecule has 5 N–H and O–H groups in total. The molecular formula is C33H52O8. The Morgan fingerprint density at radius 2 is 1.85 bits per heavy atom. The lowest BCUT2D eigenvalue weighted by atomic mass is 9.60. The molecule has 3 saturated carbocycles. The van der Waals surface area contributed by atoms with Crippen LogP contribution in [0.5, 0.6) is 0 Å². The molecule has 0 radical (unpaired) electrons.